The standard InChI is InChI=1S/C20H23F2N5O2/c1-10(28)26-7-13-14(8-26)18(13)27-9-15(25-17(27)4-11-2-3-11)12-5-16(29-20(21)22)19(23)24-6-12/h5-6,9,11,13-14,18,20H,2-4,7-8H2,1H3,(H2,23,24)/t13-,14+,18+. The Hall–Kier alpha value is -2.71. The summed E-state index contributed by atoms with van der Waals surface area (Å²) in [7, 11) is 0. The summed E-state index contributed by atoms with van der Waals surface area (Å²) in [6, 6.07) is 1.81. The zero-order valence-corrected chi connectivity index (χ0v) is 16.1. The van der Waals surface area contributed by atoms with Crippen LogP contribution in [0.2, 0.25) is 0 Å². The number of likely N-dealkylation sites (tertiary alicyclic amines) is 1. The highest BCUT2D eigenvalue weighted by atomic mass is 19.3. The van der Waals surface area contributed by atoms with E-state index >= 15 is 0 Å². The molecule has 2 N–H and O–H groups in total. The number of amides is 1. The number of ether oxygens (including phenoxy) is 1. The Labute approximate surface area is 166 Å². The zero-order chi connectivity index (χ0) is 20.3. The van der Waals surface area contributed by atoms with Gasteiger partial charge in [-0.2, -0.15) is 8.78 Å². The van der Waals surface area contributed by atoms with Crippen LogP contribution in [0.4, 0.5) is 14.6 Å². The highest BCUT2D eigenvalue weighted by molar-refractivity contribution is 5.74. The number of anilines is 1. The zero-order valence-electron chi connectivity index (χ0n) is 16.1. The second kappa shape index (κ2) is 6.67. The first-order valence-electron chi connectivity index (χ1n) is 9.94. The molecule has 3 atom stereocenters. The lowest BCUT2D eigenvalue weighted by Crippen LogP contribution is -2.29. The first-order chi connectivity index (χ1) is 13.9. The van der Waals surface area contributed by atoms with Crippen LogP contribution in [0.5, 0.6) is 5.75 Å². The SMILES string of the molecule is CC(=O)N1C[C@@H]2[C@H](C1)[C@H]2n1cc(-c2cnc(N)c(OC(F)F)c2)nc1CC1CC1. The van der Waals surface area contributed by atoms with Crippen molar-refractivity contribution in [2.45, 2.75) is 38.8 Å². The minimum Gasteiger partial charge on any atom is -0.431 e. The van der Waals surface area contributed by atoms with Crippen molar-refractivity contribution in [2.24, 2.45) is 17.8 Å². The molecule has 1 saturated heterocycles. The number of alkyl halides is 2. The van der Waals surface area contributed by atoms with Gasteiger partial charge in [0.25, 0.3) is 0 Å². The molecule has 2 aliphatic carbocycles. The van der Waals surface area contributed by atoms with Crippen LogP contribution in [0.3, 0.4) is 0 Å². The Balaban J connectivity index is 1.43. The fourth-order valence-electron chi connectivity index (χ4n) is 4.51. The molecule has 1 aliphatic heterocycles. The van der Waals surface area contributed by atoms with E-state index in [9.17, 15) is 13.6 Å². The molecule has 0 spiro atoms. The van der Waals surface area contributed by atoms with E-state index < -0.39 is 6.61 Å². The van der Waals surface area contributed by atoms with Crippen LogP contribution in [-0.4, -0.2) is 45.0 Å². The van der Waals surface area contributed by atoms with Gasteiger partial charge in [0.1, 0.15) is 5.82 Å². The van der Waals surface area contributed by atoms with Crippen molar-refractivity contribution < 1.29 is 18.3 Å². The molecule has 3 heterocycles. The summed E-state index contributed by atoms with van der Waals surface area (Å²) in [5.74, 6) is 2.51. The van der Waals surface area contributed by atoms with Crippen molar-refractivity contribution in [1.29, 1.82) is 0 Å². The number of halogens is 2. The van der Waals surface area contributed by atoms with E-state index in [0.717, 1.165) is 25.3 Å². The van der Waals surface area contributed by atoms with Crippen molar-refractivity contribution in [3.05, 3.63) is 24.3 Å². The van der Waals surface area contributed by atoms with E-state index in [2.05, 4.69) is 14.3 Å². The van der Waals surface area contributed by atoms with Crippen molar-refractivity contribution >= 4 is 11.7 Å². The number of pyridine rings is 1. The van der Waals surface area contributed by atoms with Gasteiger partial charge in [-0.25, -0.2) is 9.97 Å². The van der Waals surface area contributed by atoms with Crippen LogP contribution >= 0.6 is 0 Å². The topological polar surface area (TPSA) is 86.3 Å². The molecule has 5 rings (SSSR count). The fraction of sp³-hybridized carbons (Fsp3) is 0.550. The number of nitrogen functional groups attached to an aromatic ring is 1. The molecule has 1 amide bonds. The Kier molecular flexibility index (Phi) is 4.22. The number of hydrogen-bond acceptors (Lipinski definition) is 5. The summed E-state index contributed by atoms with van der Waals surface area (Å²) in [5, 5.41) is 0. The monoisotopic (exact) mass is 403 g/mol. The maximum Gasteiger partial charge on any atom is 0.387 e. The summed E-state index contributed by atoms with van der Waals surface area (Å²) >= 11 is 0. The van der Waals surface area contributed by atoms with Gasteiger partial charge in [0.15, 0.2) is 11.6 Å². The summed E-state index contributed by atoms with van der Waals surface area (Å²) in [5.41, 5.74) is 6.94. The molecular weight excluding hydrogens is 380 g/mol. The van der Waals surface area contributed by atoms with E-state index in [1.807, 2.05) is 11.1 Å². The van der Waals surface area contributed by atoms with E-state index in [4.69, 9.17) is 10.7 Å². The number of rotatable bonds is 6. The number of nitrogens with two attached hydrogens (primary N) is 1. The van der Waals surface area contributed by atoms with Gasteiger partial charge in [-0.15, -0.1) is 0 Å². The maximum atomic E-state index is 12.6. The van der Waals surface area contributed by atoms with Gasteiger partial charge in [0.05, 0.1) is 5.69 Å². The number of aromatic nitrogens is 3. The first kappa shape index (κ1) is 18.3. The van der Waals surface area contributed by atoms with Gasteiger partial charge in [-0.05, 0) is 24.8 Å². The number of carbonyl (C=O) groups is 1. The molecule has 0 bridgehead atoms. The smallest absolute Gasteiger partial charge is 0.387 e. The number of imidazole rings is 1. The van der Waals surface area contributed by atoms with Crippen LogP contribution in [0.1, 0.15) is 31.6 Å². The van der Waals surface area contributed by atoms with Crippen LogP contribution in [0, 0.1) is 17.8 Å². The quantitative estimate of drug-likeness (QED) is 0.802. The van der Waals surface area contributed by atoms with E-state index in [-0.39, 0.29) is 17.5 Å². The third-order valence-electron chi connectivity index (χ3n) is 6.29. The lowest BCUT2D eigenvalue weighted by Gasteiger charge is -2.19. The third kappa shape index (κ3) is 3.42. The third-order valence-corrected chi connectivity index (χ3v) is 6.29. The van der Waals surface area contributed by atoms with Crippen molar-refractivity contribution in [3.63, 3.8) is 0 Å². The minimum absolute atomic E-state index is 0.0762. The number of piperidine rings is 1. The van der Waals surface area contributed by atoms with Crippen LogP contribution in [0.25, 0.3) is 11.3 Å². The van der Waals surface area contributed by atoms with Crippen molar-refractivity contribution in [3.8, 4) is 17.0 Å². The van der Waals surface area contributed by atoms with Crippen molar-refractivity contribution in [2.75, 3.05) is 18.8 Å². The number of fused-ring (bicyclic) bond motifs is 1. The normalized spacial score (nSPS) is 25.4. The summed E-state index contributed by atoms with van der Waals surface area (Å²) in [4.78, 5) is 22.3. The van der Waals surface area contributed by atoms with Gasteiger partial charge < -0.3 is 19.9 Å². The van der Waals surface area contributed by atoms with Crippen LogP contribution in [-0.2, 0) is 11.2 Å². The second-order valence-electron chi connectivity index (χ2n) is 8.33. The highest BCUT2D eigenvalue weighted by Gasteiger charge is 2.58. The minimum atomic E-state index is -2.97. The largest absolute Gasteiger partial charge is 0.431 e. The van der Waals surface area contributed by atoms with Gasteiger partial charge in [-0.1, -0.05) is 0 Å². The predicted molar refractivity (Wildman–Crippen MR) is 101 cm³/mol. The molecule has 2 aromatic heterocycles. The maximum absolute atomic E-state index is 12.6. The number of hydrogen-bond donors (Lipinski definition) is 1. The summed E-state index contributed by atoms with van der Waals surface area (Å²) in [6.07, 6.45) is 6.86. The molecule has 3 aliphatic rings. The van der Waals surface area contributed by atoms with Crippen molar-refractivity contribution in [1.82, 2.24) is 19.4 Å². The molecule has 0 unspecified atom stereocenters. The van der Waals surface area contributed by atoms with E-state index in [1.165, 1.54) is 25.1 Å². The Morgan fingerprint density at radius 3 is 2.69 bits per heavy atom. The van der Waals surface area contributed by atoms with Crippen LogP contribution in [0.15, 0.2) is 18.5 Å². The molecule has 3 fully saturated rings. The van der Waals surface area contributed by atoms with Crippen LogP contribution < -0.4 is 10.5 Å². The number of nitrogens with zero attached hydrogens (tertiary/aromatic N) is 4. The molecule has 154 valence electrons. The summed E-state index contributed by atoms with van der Waals surface area (Å²) in [6.45, 7) is 0.224. The Morgan fingerprint density at radius 1 is 1.34 bits per heavy atom. The fourth-order valence-corrected chi connectivity index (χ4v) is 4.51. The lowest BCUT2D eigenvalue weighted by atomic mass is 10.2. The second-order valence-corrected chi connectivity index (χ2v) is 8.33. The molecule has 29 heavy (non-hydrogen) atoms. The van der Waals surface area contributed by atoms with E-state index in [1.54, 1.807) is 6.92 Å². The average molecular weight is 403 g/mol. The predicted octanol–water partition coefficient (Wildman–Crippen LogP) is 2.73. The average Bonchev–Trinajstić information content (AvgIpc) is 3.50. The Morgan fingerprint density at radius 2 is 2.07 bits per heavy atom. The lowest BCUT2D eigenvalue weighted by molar-refractivity contribution is -0.128. The number of carbonyl (C=O) groups excluding carboxylic acids is 1. The Bertz CT molecular complexity index is 946. The van der Waals surface area contributed by atoms with Gasteiger partial charge >= 0.3 is 6.61 Å². The van der Waals surface area contributed by atoms with Gasteiger partial charge in [0, 0.05) is 62.3 Å². The molecule has 7 nitrogen and oxygen atoms in total. The first-order valence-corrected chi connectivity index (χ1v) is 9.94. The van der Waals surface area contributed by atoms with Gasteiger partial charge in [-0.3, -0.25) is 4.79 Å². The molecule has 2 aromatic rings. The molecule has 0 aromatic carbocycles. The van der Waals surface area contributed by atoms with E-state index in [0.29, 0.717) is 35.1 Å². The molecular formula is C20H23F2N5O2. The molecule has 2 saturated carbocycles. The molecule has 0 radical (unpaired) electrons. The van der Waals surface area contributed by atoms with Gasteiger partial charge in [0.2, 0.25) is 5.91 Å². The molecule has 9 heteroatoms. The highest BCUT2D eigenvalue weighted by Crippen LogP contribution is 2.56. The summed E-state index contributed by atoms with van der Waals surface area (Å²) < 4.78 is 32.0.